The van der Waals surface area contributed by atoms with Gasteiger partial charge in [-0.05, 0) is 19.3 Å². The highest BCUT2D eigenvalue weighted by Gasteiger charge is 2.39. The second-order valence-electron chi connectivity index (χ2n) is 4.88. The third-order valence-electron chi connectivity index (χ3n) is 3.76. The number of hydrogen-bond acceptors (Lipinski definition) is 2. The zero-order chi connectivity index (χ0) is 10.9. The van der Waals surface area contributed by atoms with Gasteiger partial charge in [0, 0.05) is 18.5 Å². The van der Waals surface area contributed by atoms with Gasteiger partial charge in [0.05, 0.1) is 11.4 Å². The van der Waals surface area contributed by atoms with Crippen molar-refractivity contribution in [3.8, 4) is 0 Å². The van der Waals surface area contributed by atoms with Gasteiger partial charge in [-0.3, -0.25) is 4.79 Å². The van der Waals surface area contributed by atoms with E-state index in [1.807, 2.05) is 4.90 Å². The molecule has 1 aliphatic carbocycles. The Morgan fingerprint density at radius 1 is 1.47 bits per heavy atom. The molecule has 15 heavy (non-hydrogen) atoms. The zero-order valence-electron chi connectivity index (χ0n) is 8.91. The zero-order valence-corrected chi connectivity index (χ0v) is 10.5. The SMILES string of the molecule is O=C1C(Br)CCN1CC1(CO)CCCC1. The van der Waals surface area contributed by atoms with E-state index in [0.29, 0.717) is 0 Å². The third-order valence-corrected chi connectivity index (χ3v) is 4.61. The normalized spacial score (nSPS) is 30.1. The third kappa shape index (κ3) is 2.21. The topological polar surface area (TPSA) is 40.5 Å². The van der Waals surface area contributed by atoms with E-state index < -0.39 is 0 Å². The molecular formula is C11H18BrNO2. The predicted molar refractivity (Wildman–Crippen MR) is 61.9 cm³/mol. The van der Waals surface area contributed by atoms with E-state index >= 15 is 0 Å². The number of hydrogen-bond donors (Lipinski definition) is 1. The second-order valence-corrected chi connectivity index (χ2v) is 5.99. The van der Waals surface area contributed by atoms with Gasteiger partial charge in [-0.15, -0.1) is 0 Å². The molecule has 2 rings (SSSR count). The smallest absolute Gasteiger partial charge is 0.236 e. The van der Waals surface area contributed by atoms with Crippen LogP contribution in [0.25, 0.3) is 0 Å². The average Bonchev–Trinajstić information content (AvgIpc) is 2.82. The molecule has 0 aromatic heterocycles. The van der Waals surface area contributed by atoms with Crippen LogP contribution in [-0.4, -0.2) is 40.4 Å². The Hall–Kier alpha value is -0.0900. The average molecular weight is 276 g/mol. The van der Waals surface area contributed by atoms with Crippen LogP contribution in [0, 0.1) is 5.41 Å². The number of alkyl halides is 1. The van der Waals surface area contributed by atoms with Crippen LogP contribution in [0.2, 0.25) is 0 Å². The molecule has 1 aliphatic heterocycles. The summed E-state index contributed by atoms with van der Waals surface area (Å²) in [5, 5.41) is 9.48. The first-order chi connectivity index (χ1) is 7.17. The summed E-state index contributed by atoms with van der Waals surface area (Å²) in [4.78, 5) is 13.7. The Morgan fingerprint density at radius 2 is 2.13 bits per heavy atom. The van der Waals surface area contributed by atoms with E-state index in [1.54, 1.807) is 0 Å². The predicted octanol–water partition coefficient (Wildman–Crippen LogP) is 1.53. The number of rotatable bonds is 3. The maximum Gasteiger partial charge on any atom is 0.236 e. The minimum Gasteiger partial charge on any atom is -0.396 e. The fourth-order valence-corrected chi connectivity index (χ4v) is 3.25. The highest BCUT2D eigenvalue weighted by Crippen LogP contribution is 2.39. The van der Waals surface area contributed by atoms with E-state index in [1.165, 1.54) is 12.8 Å². The Bertz CT molecular complexity index is 251. The van der Waals surface area contributed by atoms with Crippen molar-refractivity contribution in [1.29, 1.82) is 0 Å². The minimum atomic E-state index is 0.00667. The van der Waals surface area contributed by atoms with Crippen LogP contribution in [0.5, 0.6) is 0 Å². The molecule has 1 saturated heterocycles. The Kier molecular flexibility index (Phi) is 3.36. The van der Waals surface area contributed by atoms with E-state index in [9.17, 15) is 9.90 Å². The lowest BCUT2D eigenvalue weighted by Crippen LogP contribution is -2.40. The second kappa shape index (κ2) is 4.42. The molecule has 1 heterocycles. The molecule has 0 radical (unpaired) electrons. The van der Waals surface area contributed by atoms with Crippen LogP contribution < -0.4 is 0 Å². The summed E-state index contributed by atoms with van der Waals surface area (Å²) in [6.45, 7) is 1.82. The number of carbonyl (C=O) groups is 1. The largest absolute Gasteiger partial charge is 0.396 e. The summed E-state index contributed by atoms with van der Waals surface area (Å²) in [5.74, 6) is 0.203. The molecule has 86 valence electrons. The molecule has 0 aromatic carbocycles. The van der Waals surface area contributed by atoms with Crippen molar-refractivity contribution in [2.24, 2.45) is 5.41 Å². The van der Waals surface area contributed by atoms with Gasteiger partial charge < -0.3 is 10.0 Å². The first-order valence-corrected chi connectivity index (χ1v) is 6.62. The van der Waals surface area contributed by atoms with Crippen molar-refractivity contribution in [2.45, 2.75) is 36.9 Å². The lowest BCUT2D eigenvalue weighted by Gasteiger charge is -2.31. The van der Waals surface area contributed by atoms with Gasteiger partial charge in [0.15, 0.2) is 0 Å². The molecular weight excluding hydrogens is 258 g/mol. The summed E-state index contributed by atoms with van der Waals surface area (Å²) in [5.41, 5.74) is 0.00667. The van der Waals surface area contributed by atoms with Crippen LogP contribution >= 0.6 is 15.9 Å². The molecule has 0 aromatic rings. The first kappa shape index (κ1) is 11.4. The summed E-state index contributed by atoms with van der Waals surface area (Å²) >= 11 is 3.38. The van der Waals surface area contributed by atoms with Crippen molar-refractivity contribution in [2.75, 3.05) is 19.7 Å². The molecule has 0 spiro atoms. The van der Waals surface area contributed by atoms with E-state index in [2.05, 4.69) is 15.9 Å². The lowest BCUT2D eigenvalue weighted by molar-refractivity contribution is -0.128. The molecule has 1 atom stereocenters. The lowest BCUT2D eigenvalue weighted by atomic mass is 9.86. The molecule has 2 fully saturated rings. The van der Waals surface area contributed by atoms with Gasteiger partial charge in [-0.1, -0.05) is 28.8 Å². The van der Waals surface area contributed by atoms with Crippen molar-refractivity contribution >= 4 is 21.8 Å². The highest BCUT2D eigenvalue weighted by molar-refractivity contribution is 9.10. The van der Waals surface area contributed by atoms with Crippen molar-refractivity contribution in [3.63, 3.8) is 0 Å². The maximum absolute atomic E-state index is 11.7. The Balaban J connectivity index is 1.98. The van der Waals surface area contributed by atoms with Crippen LogP contribution in [-0.2, 0) is 4.79 Å². The van der Waals surface area contributed by atoms with Gasteiger partial charge in [0.25, 0.3) is 0 Å². The van der Waals surface area contributed by atoms with Crippen molar-refractivity contribution in [1.82, 2.24) is 4.90 Å². The molecule has 1 unspecified atom stereocenters. The number of aliphatic hydroxyl groups excluding tert-OH is 1. The fraction of sp³-hybridized carbons (Fsp3) is 0.909. The maximum atomic E-state index is 11.7. The highest BCUT2D eigenvalue weighted by atomic mass is 79.9. The van der Waals surface area contributed by atoms with Crippen LogP contribution in [0.1, 0.15) is 32.1 Å². The van der Waals surface area contributed by atoms with Gasteiger partial charge in [-0.2, -0.15) is 0 Å². The number of carbonyl (C=O) groups excluding carboxylic acids is 1. The Labute approximate surface area is 99.0 Å². The van der Waals surface area contributed by atoms with Crippen LogP contribution in [0.15, 0.2) is 0 Å². The van der Waals surface area contributed by atoms with E-state index in [0.717, 1.165) is 32.4 Å². The number of nitrogens with zero attached hydrogens (tertiary/aromatic N) is 1. The first-order valence-electron chi connectivity index (χ1n) is 5.71. The minimum absolute atomic E-state index is 0.00667. The fourth-order valence-electron chi connectivity index (χ4n) is 2.75. The van der Waals surface area contributed by atoms with Gasteiger partial charge in [0.2, 0.25) is 5.91 Å². The van der Waals surface area contributed by atoms with Crippen LogP contribution in [0.3, 0.4) is 0 Å². The van der Waals surface area contributed by atoms with Gasteiger partial charge in [-0.25, -0.2) is 0 Å². The van der Waals surface area contributed by atoms with E-state index in [4.69, 9.17) is 0 Å². The van der Waals surface area contributed by atoms with Crippen LogP contribution in [0.4, 0.5) is 0 Å². The monoisotopic (exact) mass is 275 g/mol. The molecule has 3 nitrogen and oxygen atoms in total. The molecule has 1 saturated carbocycles. The number of amides is 1. The number of aliphatic hydroxyl groups is 1. The molecule has 4 heteroatoms. The summed E-state index contributed by atoms with van der Waals surface area (Å²) < 4.78 is 0. The Morgan fingerprint density at radius 3 is 2.60 bits per heavy atom. The van der Waals surface area contributed by atoms with Crippen molar-refractivity contribution < 1.29 is 9.90 Å². The number of halogens is 1. The van der Waals surface area contributed by atoms with E-state index in [-0.39, 0.29) is 22.8 Å². The quantitative estimate of drug-likeness (QED) is 0.794. The number of likely N-dealkylation sites (tertiary alicyclic amines) is 1. The van der Waals surface area contributed by atoms with Crippen molar-refractivity contribution in [3.05, 3.63) is 0 Å². The van der Waals surface area contributed by atoms with Gasteiger partial charge in [0.1, 0.15) is 0 Å². The van der Waals surface area contributed by atoms with Gasteiger partial charge >= 0.3 is 0 Å². The summed E-state index contributed by atoms with van der Waals surface area (Å²) in [7, 11) is 0. The standard InChI is InChI=1S/C11H18BrNO2/c12-9-3-6-13(10(9)15)7-11(8-14)4-1-2-5-11/h9,14H,1-8H2. The summed E-state index contributed by atoms with van der Waals surface area (Å²) in [6.07, 6.45) is 5.43. The summed E-state index contributed by atoms with van der Waals surface area (Å²) in [6, 6.07) is 0. The molecule has 1 amide bonds. The molecule has 2 aliphatic rings. The molecule has 1 N–H and O–H groups in total. The molecule has 0 bridgehead atoms.